The number of likely N-dealkylation sites (tertiary alicyclic amines) is 1. The average molecular weight is 600 g/mol. The molecular weight excluding hydrogens is 564 g/mol. The highest BCUT2D eigenvalue weighted by molar-refractivity contribution is 9.09. The van der Waals surface area contributed by atoms with E-state index in [1.807, 2.05) is 54.6 Å². The summed E-state index contributed by atoms with van der Waals surface area (Å²) in [5.41, 5.74) is 1.13. The Labute approximate surface area is 237 Å². The lowest BCUT2D eigenvalue weighted by Gasteiger charge is -2.37. The number of anilines is 2. The fourth-order valence-electron chi connectivity index (χ4n) is 6.75. The van der Waals surface area contributed by atoms with Crippen LogP contribution in [0.2, 0.25) is 0 Å². The monoisotopic (exact) mass is 598 g/mol. The number of benzene rings is 2. The number of nitrogens with one attached hydrogen (secondary N) is 2. The van der Waals surface area contributed by atoms with Crippen LogP contribution >= 0.6 is 15.9 Å². The molecule has 3 aliphatic heterocycles. The highest BCUT2D eigenvalue weighted by atomic mass is 79.9. The summed E-state index contributed by atoms with van der Waals surface area (Å²) < 4.78 is 6.49. The quantitative estimate of drug-likeness (QED) is 0.383. The zero-order valence-electron chi connectivity index (χ0n) is 22.3. The number of amides is 3. The molecule has 0 saturated carbocycles. The molecule has 0 aliphatic carbocycles. The van der Waals surface area contributed by atoms with Crippen molar-refractivity contribution in [3.8, 4) is 0 Å². The Morgan fingerprint density at radius 3 is 2.38 bits per heavy atom. The number of aliphatic hydroxyl groups excluding tert-OH is 1. The standard InChI is InChI=1S/C29H35BrN4O5/c1-4-33(5-2)19-13-11-18(12-14-19)32-27(37)25-29-15-20(30)24(39-29)22(26(36)31-3)23(29)28(38)34(25)21(16-35)17-9-7-6-8-10-17/h6-14,20-25,35H,4-5,15-16H2,1-3H3,(H,31,36)(H,32,37)/t20?,21-,22+,23+,24+,25?,29?/m1/s1. The van der Waals surface area contributed by atoms with Crippen LogP contribution in [-0.2, 0) is 19.1 Å². The van der Waals surface area contributed by atoms with Crippen LogP contribution in [0.15, 0.2) is 54.6 Å². The zero-order valence-corrected chi connectivity index (χ0v) is 23.9. The summed E-state index contributed by atoms with van der Waals surface area (Å²) in [6, 6.07) is 14.9. The highest BCUT2D eigenvalue weighted by Gasteiger charge is 2.77. The van der Waals surface area contributed by atoms with E-state index in [1.165, 1.54) is 11.9 Å². The molecule has 2 aromatic rings. The van der Waals surface area contributed by atoms with Crippen molar-refractivity contribution in [2.45, 2.75) is 48.9 Å². The highest BCUT2D eigenvalue weighted by Crippen LogP contribution is 2.61. The van der Waals surface area contributed by atoms with Gasteiger partial charge < -0.3 is 30.3 Å². The molecule has 208 valence electrons. The summed E-state index contributed by atoms with van der Waals surface area (Å²) in [5.74, 6) is -2.64. The number of fused-ring (bicyclic) bond motifs is 1. The van der Waals surface area contributed by atoms with E-state index < -0.39 is 41.5 Å². The maximum absolute atomic E-state index is 14.2. The molecule has 3 aliphatic rings. The second-order valence-electron chi connectivity index (χ2n) is 10.3. The third-order valence-corrected chi connectivity index (χ3v) is 9.33. The Balaban J connectivity index is 1.54. The lowest BCUT2D eigenvalue weighted by molar-refractivity contribution is -0.144. The van der Waals surface area contributed by atoms with Gasteiger partial charge in [0.15, 0.2) is 0 Å². The van der Waals surface area contributed by atoms with Crippen molar-refractivity contribution in [2.75, 3.05) is 37.0 Å². The number of hydrogen-bond acceptors (Lipinski definition) is 6. The molecule has 2 bridgehead atoms. The molecule has 3 saturated heterocycles. The van der Waals surface area contributed by atoms with Gasteiger partial charge in [0, 0.05) is 36.3 Å². The minimum absolute atomic E-state index is 0.197. The van der Waals surface area contributed by atoms with Crippen LogP contribution in [0.4, 0.5) is 11.4 Å². The summed E-state index contributed by atoms with van der Waals surface area (Å²) in [7, 11) is 1.54. The fraction of sp³-hybridized carbons (Fsp3) is 0.483. The second kappa shape index (κ2) is 10.9. The predicted octanol–water partition coefficient (Wildman–Crippen LogP) is 2.70. The number of alkyl halides is 1. The van der Waals surface area contributed by atoms with Crippen molar-refractivity contribution in [1.82, 2.24) is 10.2 Å². The lowest BCUT2D eigenvalue weighted by Crippen LogP contribution is -2.55. The molecule has 5 rings (SSSR count). The van der Waals surface area contributed by atoms with E-state index in [0.29, 0.717) is 17.7 Å². The number of ether oxygens (including phenoxy) is 1. The normalized spacial score (nSPS) is 29.7. The average Bonchev–Trinajstić information content (AvgIpc) is 3.54. The molecule has 10 heteroatoms. The molecule has 3 fully saturated rings. The third kappa shape index (κ3) is 4.42. The molecule has 7 atom stereocenters. The first-order valence-corrected chi connectivity index (χ1v) is 14.4. The van der Waals surface area contributed by atoms with Gasteiger partial charge in [0.05, 0.1) is 30.6 Å². The molecule has 3 N–H and O–H groups in total. The summed E-state index contributed by atoms with van der Waals surface area (Å²) in [6.45, 7) is 5.53. The van der Waals surface area contributed by atoms with Crippen LogP contribution in [0.1, 0.15) is 31.9 Å². The predicted molar refractivity (Wildman–Crippen MR) is 152 cm³/mol. The van der Waals surface area contributed by atoms with Gasteiger partial charge in [-0.1, -0.05) is 46.3 Å². The maximum Gasteiger partial charge on any atom is 0.250 e. The van der Waals surface area contributed by atoms with Crippen LogP contribution < -0.4 is 15.5 Å². The number of rotatable bonds is 9. The number of halogens is 1. The Hall–Kier alpha value is -2.95. The molecule has 2 aromatic carbocycles. The van der Waals surface area contributed by atoms with Crippen molar-refractivity contribution < 1.29 is 24.2 Å². The van der Waals surface area contributed by atoms with Crippen molar-refractivity contribution in [1.29, 1.82) is 0 Å². The van der Waals surface area contributed by atoms with E-state index in [1.54, 1.807) is 0 Å². The first kappa shape index (κ1) is 27.6. The summed E-state index contributed by atoms with van der Waals surface area (Å²) in [4.78, 5) is 44.8. The molecule has 3 amide bonds. The number of aliphatic hydroxyl groups is 1. The van der Waals surface area contributed by atoms with E-state index in [0.717, 1.165) is 18.8 Å². The number of carbonyl (C=O) groups excluding carboxylic acids is 3. The van der Waals surface area contributed by atoms with E-state index in [-0.39, 0.29) is 23.2 Å². The van der Waals surface area contributed by atoms with E-state index in [9.17, 15) is 19.5 Å². The van der Waals surface area contributed by atoms with Crippen molar-refractivity contribution in [2.24, 2.45) is 11.8 Å². The topological polar surface area (TPSA) is 111 Å². The van der Waals surface area contributed by atoms with Crippen LogP contribution in [0, 0.1) is 11.8 Å². The van der Waals surface area contributed by atoms with Crippen molar-refractivity contribution >= 4 is 45.0 Å². The van der Waals surface area contributed by atoms with Gasteiger partial charge in [-0.2, -0.15) is 0 Å². The SMILES string of the molecule is CCN(CC)c1ccc(NC(=O)C2N([C@H](CO)c3ccccc3)C(=O)[C@@H]3[C@H](C(=O)NC)[C@H]4OC23CC4Br)cc1. The maximum atomic E-state index is 14.2. The molecule has 1 spiro atoms. The minimum Gasteiger partial charge on any atom is -0.394 e. The van der Waals surface area contributed by atoms with E-state index >= 15 is 0 Å². The van der Waals surface area contributed by atoms with Gasteiger partial charge in [-0.15, -0.1) is 0 Å². The first-order chi connectivity index (χ1) is 18.8. The van der Waals surface area contributed by atoms with E-state index in [2.05, 4.69) is 45.3 Å². The fourth-order valence-corrected chi connectivity index (χ4v) is 7.70. The molecular formula is C29H35BrN4O5. The molecule has 0 radical (unpaired) electrons. The van der Waals surface area contributed by atoms with Crippen molar-refractivity contribution in [3.05, 3.63) is 60.2 Å². The minimum atomic E-state index is -1.21. The Morgan fingerprint density at radius 2 is 1.79 bits per heavy atom. The zero-order chi connectivity index (χ0) is 27.9. The molecule has 3 heterocycles. The van der Waals surface area contributed by atoms with Gasteiger partial charge in [-0.3, -0.25) is 14.4 Å². The van der Waals surface area contributed by atoms with Gasteiger partial charge in [0.1, 0.15) is 11.6 Å². The van der Waals surface area contributed by atoms with E-state index in [4.69, 9.17) is 4.74 Å². The Kier molecular flexibility index (Phi) is 7.72. The Morgan fingerprint density at radius 1 is 1.13 bits per heavy atom. The molecule has 39 heavy (non-hydrogen) atoms. The van der Waals surface area contributed by atoms with Crippen LogP contribution in [0.5, 0.6) is 0 Å². The molecule has 9 nitrogen and oxygen atoms in total. The number of nitrogens with zero attached hydrogens (tertiary/aromatic N) is 2. The first-order valence-electron chi connectivity index (χ1n) is 13.5. The van der Waals surface area contributed by atoms with Gasteiger partial charge in [0.2, 0.25) is 17.7 Å². The summed E-state index contributed by atoms with van der Waals surface area (Å²) in [6.07, 6.45) is -0.140. The van der Waals surface area contributed by atoms with Crippen LogP contribution in [-0.4, -0.2) is 77.0 Å². The van der Waals surface area contributed by atoms with Crippen molar-refractivity contribution in [3.63, 3.8) is 0 Å². The largest absolute Gasteiger partial charge is 0.394 e. The van der Waals surface area contributed by atoms with Gasteiger partial charge in [-0.05, 0) is 50.1 Å². The van der Waals surface area contributed by atoms with Crippen LogP contribution in [0.25, 0.3) is 0 Å². The van der Waals surface area contributed by atoms with Gasteiger partial charge >= 0.3 is 0 Å². The number of carbonyl (C=O) groups is 3. The molecule has 3 unspecified atom stereocenters. The van der Waals surface area contributed by atoms with Crippen LogP contribution in [0.3, 0.4) is 0 Å². The summed E-state index contributed by atoms with van der Waals surface area (Å²) >= 11 is 3.66. The second-order valence-corrected chi connectivity index (χ2v) is 11.5. The molecule has 0 aromatic heterocycles. The van der Waals surface area contributed by atoms with Gasteiger partial charge in [-0.25, -0.2) is 0 Å². The number of hydrogen-bond donors (Lipinski definition) is 3. The lowest BCUT2D eigenvalue weighted by atomic mass is 9.70. The van der Waals surface area contributed by atoms with Gasteiger partial charge in [0.25, 0.3) is 0 Å². The third-order valence-electron chi connectivity index (χ3n) is 8.48. The summed E-state index contributed by atoms with van der Waals surface area (Å²) in [5, 5.41) is 16.2. The smallest absolute Gasteiger partial charge is 0.250 e. The Bertz CT molecular complexity index is 1220.